The van der Waals surface area contributed by atoms with Crippen LogP contribution in [-0.2, 0) is 0 Å². The molecule has 134 valence electrons. The van der Waals surface area contributed by atoms with E-state index in [1.54, 1.807) is 30.0 Å². The largest absolute Gasteiger partial charge is 0.493 e. The summed E-state index contributed by atoms with van der Waals surface area (Å²) in [5.41, 5.74) is 2.48. The number of aromatic nitrogens is 4. The van der Waals surface area contributed by atoms with Gasteiger partial charge >= 0.3 is 0 Å². The molecule has 26 heavy (non-hydrogen) atoms. The van der Waals surface area contributed by atoms with Crippen molar-refractivity contribution in [2.24, 2.45) is 0 Å². The second kappa shape index (κ2) is 8.01. The number of nitrogens with zero attached hydrogens (tertiary/aromatic N) is 4. The Morgan fingerprint density at radius 3 is 2.62 bits per heavy atom. The zero-order chi connectivity index (χ0) is 18.5. The van der Waals surface area contributed by atoms with Crippen LogP contribution in [0.1, 0.15) is 15.9 Å². The molecule has 2 aromatic carbocycles. The summed E-state index contributed by atoms with van der Waals surface area (Å²) in [6.07, 6.45) is 0. The minimum atomic E-state index is -0.0460. The van der Waals surface area contributed by atoms with Crippen molar-refractivity contribution in [3.05, 3.63) is 53.6 Å². The van der Waals surface area contributed by atoms with Crippen molar-refractivity contribution in [1.82, 2.24) is 20.2 Å². The molecule has 3 aromatic rings. The molecule has 1 aromatic heterocycles. The highest BCUT2D eigenvalue weighted by Gasteiger charge is 2.15. The van der Waals surface area contributed by atoms with E-state index in [2.05, 4.69) is 15.5 Å². The lowest BCUT2D eigenvalue weighted by Gasteiger charge is -2.09. The number of Topliss-reactive ketones (excluding diaryl/α,β-unsaturated/α-hetero) is 1. The summed E-state index contributed by atoms with van der Waals surface area (Å²) >= 11 is 1.29. The zero-order valence-electron chi connectivity index (χ0n) is 14.7. The predicted molar refractivity (Wildman–Crippen MR) is 98.5 cm³/mol. The molecule has 0 spiro atoms. The maximum atomic E-state index is 12.5. The van der Waals surface area contributed by atoms with E-state index in [1.165, 1.54) is 18.9 Å². The van der Waals surface area contributed by atoms with Gasteiger partial charge in [0.05, 0.1) is 25.7 Å². The summed E-state index contributed by atoms with van der Waals surface area (Å²) in [7, 11) is 3.10. The standard InChI is InChI=1S/C18H18N4O3S/c1-12-6-4-5-7-14(12)22-18(19-20-21-22)26-11-15(23)13-8-9-16(24-2)17(10-13)25-3/h4-10H,11H2,1-3H3. The van der Waals surface area contributed by atoms with E-state index in [0.29, 0.717) is 22.2 Å². The molecule has 0 saturated heterocycles. The first-order chi connectivity index (χ1) is 12.6. The van der Waals surface area contributed by atoms with Crippen LogP contribution in [0.2, 0.25) is 0 Å². The third kappa shape index (κ3) is 3.70. The van der Waals surface area contributed by atoms with E-state index in [0.717, 1.165) is 11.3 Å². The second-order valence-electron chi connectivity index (χ2n) is 5.44. The lowest BCUT2D eigenvalue weighted by molar-refractivity contribution is 0.102. The number of ether oxygens (including phenoxy) is 2. The molecule has 0 aliphatic heterocycles. The summed E-state index contributed by atoms with van der Waals surface area (Å²) in [6.45, 7) is 1.99. The van der Waals surface area contributed by atoms with Gasteiger partial charge < -0.3 is 9.47 Å². The number of carbonyl (C=O) groups is 1. The SMILES string of the molecule is COc1ccc(C(=O)CSc2nnnn2-c2ccccc2C)cc1OC. The average molecular weight is 370 g/mol. The molecule has 0 aliphatic carbocycles. The van der Waals surface area contributed by atoms with Gasteiger partial charge in [0.2, 0.25) is 5.16 Å². The molecule has 7 nitrogen and oxygen atoms in total. The van der Waals surface area contributed by atoms with Crippen molar-refractivity contribution in [3.8, 4) is 17.2 Å². The Kier molecular flexibility index (Phi) is 5.52. The summed E-state index contributed by atoms with van der Waals surface area (Å²) in [5.74, 6) is 1.27. The highest BCUT2D eigenvalue weighted by molar-refractivity contribution is 7.99. The van der Waals surface area contributed by atoms with Gasteiger partial charge in [-0.25, -0.2) is 0 Å². The summed E-state index contributed by atoms with van der Waals surface area (Å²) in [6, 6.07) is 12.9. The van der Waals surface area contributed by atoms with E-state index in [-0.39, 0.29) is 11.5 Å². The molecule has 0 unspecified atom stereocenters. The Labute approximate surface area is 155 Å². The van der Waals surface area contributed by atoms with E-state index in [1.807, 2.05) is 31.2 Å². The maximum Gasteiger partial charge on any atom is 0.214 e. The van der Waals surface area contributed by atoms with Crippen LogP contribution >= 0.6 is 11.8 Å². The number of rotatable bonds is 7. The minimum absolute atomic E-state index is 0.0460. The van der Waals surface area contributed by atoms with Crippen molar-refractivity contribution in [2.45, 2.75) is 12.1 Å². The lowest BCUT2D eigenvalue weighted by atomic mass is 10.1. The number of para-hydroxylation sites is 1. The van der Waals surface area contributed by atoms with Gasteiger partial charge in [0.25, 0.3) is 0 Å². The molecule has 8 heteroatoms. The fraction of sp³-hybridized carbons (Fsp3) is 0.222. The van der Waals surface area contributed by atoms with Crippen LogP contribution in [0, 0.1) is 6.92 Å². The molecule has 0 bridgehead atoms. The van der Waals surface area contributed by atoms with Gasteiger partial charge in [-0.3, -0.25) is 4.79 Å². The van der Waals surface area contributed by atoms with Gasteiger partial charge in [-0.2, -0.15) is 4.68 Å². The van der Waals surface area contributed by atoms with Crippen LogP contribution in [-0.4, -0.2) is 46.0 Å². The number of tetrazole rings is 1. The number of ketones is 1. The second-order valence-corrected chi connectivity index (χ2v) is 6.38. The molecule has 0 fully saturated rings. The van der Waals surface area contributed by atoms with Gasteiger partial charge in [-0.1, -0.05) is 30.0 Å². The highest BCUT2D eigenvalue weighted by atomic mass is 32.2. The molecule has 0 amide bonds. The highest BCUT2D eigenvalue weighted by Crippen LogP contribution is 2.28. The Morgan fingerprint density at radius 2 is 1.88 bits per heavy atom. The normalized spacial score (nSPS) is 10.6. The van der Waals surface area contributed by atoms with E-state index in [9.17, 15) is 4.79 Å². The van der Waals surface area contributed by atoms with Gasteiger partial charge in [0.1, 0.15) is 0 Å². The van der Waals surface area contributed by atoms with Crippen LogP contribution in [0.15, 0.2) is 47.6 Å². The van der Waals surface area contributed by atoms with Crippen LogP contribution in [0.3, 0.4) is 0 Å². The van der Waals surface area contributed by atoms with Gasteiger partial charge in [0.15, 0.2) is 17.3 Å². The number of methoxy groups -OCH3 is 2. The van der Waals surface area contributed by atoms with Crippen molar-refractivity contribution < 1.29 is 14.3 Å². The number of hydrogen-bond donors (Lipinski definition) is 0. The van der Waals surface area contributed by atoms with Gasteiger partial charge in [-0.15, -0.1) is 5.10 Å². The molecular formula is C18H18N4O3S. The molecular weight excluding hydrogens is 352 g/mol. The first kappa shape index (κ1) is 17.9. The number of benzene rings is 2. The number of hydrogen-bond acceptors (Lipinski definition) is 7. The molecule has 0 aliphatic rings. The van der Waals surface area contributed by atoms with E-state index < -0.39 is 0 Å². The fourth-order valence-corrected chi connectivity index (χ4v) is 3.22. The third-order valence-corrected chi connectivity index (χ3v) is 4.74. The Morgan fingerprint density at radius 1 is 1.12 bits per heavy atom. The quantitative estimate of drug-likeness (QED) is 0.467. The maximum absolute atomic E-state index is 12.5. The average Bonchev–Trinajstić information content (AvgIpc) is 3.14. The Bertz CT molecular complexity index is 926. The molecule has 0 atom stereocenters. The number of thioether (sulfide) groups is 1. The lowest BCUT2D eigenvalue weighted by Crippen LogP contribution is -2.06. The Balaban J connectivity index is 1.75. The van der Waals surface area contributed by atoms with Gasteiger partial charge in [0, 0.05) is 5.56 Å². The first-order valence-corrected chi connectivity index (χ1v) is 8.85. The summed E-state index contributed by atoms with van der Waals surface area (Å²) < 4.78 is 12.1. The zero-order valence-corrected chi connectivity index (χ0v) is 15.5. The summed E-state index contributed by atoms with van der Waals surface area (Å²) in [5, 5.41) is 12.4. The Hall–Kier alpha value is -2.87. The van der Waals surface area contributed by atoms with Crippen LogP contribution < -0.4 is 9.47 Å². The van der Waals surface area contributed by atoms with Crippen molar-refractivity contribution in [3.63, 3.8) is 0 Å². The van der Waals surface area contributed by atoms with Crippen molar-refractivity contribution >= 4 is 17.5 Å². The van der Waals surface area contributed by atoms with Crippen molar-refractivity contribution in [2.75, 3.05) is 20.0 Å². The van der Waals surface area contributed by atoms with Crippen LogP contribution in [0.5, 0.6) is 11.5 Å². The monoisotopic (exact) mass is 370 g/mol. The van der Waals surface area contributed by atoms with E-state index in [4.69, 9.17) is 9.47 Å². The van der Waals surface area contributed by atoms with Crippen LogP contribution in [0.4, 0.5) is 0 Å². The predicted octanol–water partition coefficient (Wildman–Crippen LogP) is 2.96. The molecule has 0 radical (unpaired) electrons. The van der Waals surface area contributed by atoms with E-state index >= 15 is 0 Å². The topological polar surface area (TPSA) is 79.1 Å². The van der Waals surface area contributed by atoms with Gasteiger partial charge in [-0.05, 0) is 47.2 Å². The molecule has 0 saturated carbocycles. The number of aryl methyl sites for hydroxylation is 1. The number of carbonyl (C=O) groups excluding carboxylic acids is 1. The summed E-state index contributed by atoms with van der Waals surface area (Å²) in [4.78, 5) is 12.5. The van der Waals surface area contributed by atoms with Crippen LogP contribution in [0.25, 0.3) is 5.69 Å². The minimum Gasteiger partial charge on any atom is -0.493 e. The van der Waals surface area contributed by atoms with Crippen molar-refractivity contribution in [1.29, 1.82) is 0 Å². The fourth-order valence-electron chi connectivity index (χ4n) is 2.44. The molecule has 0 N–H and O–H groups in total. The smallest absolute Gasteiger partial charge is 0.214 e. The third-order valence-electron chi connectivity index (χ3n) is 3.82. The molecule has 1 heterocycles. The molecule has 3 rings (SSSR count). The first-order valence-electron chi connectivity index (χ1n) is 7.86.